The summed E-state index contributed by atoms with van der Waals surface area (Å²) in [6, 6.07) is 8.58. The number of nitrogens with zero attached hydrogens (tertiary/aromatic N) is 1. The summed E-state index contributed by atoms with van der Waals surface area (Å²) in [6.45, 7) is 0.170. The molecule has 118 valence electrons. The third-order valence-electron chi connectivity index (χ3n) is 3.91. The molecule has 0 bridgehead atoms. The van der Waals surface area contributed by atoms with Crippen LogP contribution >= 0.6 is 0 Å². The van der Waals surface area contributed by atoms with E-state index < -0.39 is 23.6 Å². The Kier molecular flexibility index (Phi) is 3.82. The molecule has 2 aromatic carbocycles. The van der Waals surface area contributed by atoms with Crippen LogP contribution in [0.15, 0.2) is 42.5 Å². The largest absolute Gasteiger partial charge is 0.357 e. The SMILES string of the molecule is CNC(=O)C(c1cc(F)ccc1F)N1Cc2ccccc2C1=O. The summed E-state index contributed by atoms with van der Waals surface area (Å²) >= 11 is 0. The zero-order valence-corrected chi connectivity index (χ0v) is 12.3. The lowest BCUT2D eigenvalue weighted by atomic mass is 10.0. The van der Waals surface area contributed by atoms with Crippen molar-refractivity contribution in [3.05, 3.63) is 70.8 Å². The minimum Gasteiger partial charge on any atom is -0.357 e. The van der Waals surface area contributed by atoms with Crippen LogP contribution in [-0.2, 0) is 11.3 Å². The maximum atomic E-state index is 14.1. The first-order chi connectivity index (χ1) is 11.0. The number of halogens is 2. The minimum atomic E-state index is -1.23. The maximum absolute atomic E-state index is 14.1. The fourth-order valence-corrected chi connectivity index (χ4v) is 2.80. The van der Waals surface area contributed by atoms with Gasteiger partial charge in [-0.1, -0.05) is 18.2 Å². The number of carbonyl (C=O) groups excluding carboxylic acids is 2. The predicted octanol–water partition coefficient (Wildman–Crippen LogP) is 2.41. The first kappa shape index (κ1) is 15.1. The lowest BCUT2D eigenvalue weighted by Gasteiger charge is -2.27. The Hall–Kier alpha value is -2.76. The Bertz CT molecular complexity index is 792. The molecule has 1 heterocycles. The monoisotopic (exact) mass is 316 g/mol. The van der Waals surface area contributed by atoms with Crippen LogP contribution in [0.4, 0.5) is 8.78 Å². The lowest BCUT2D eigenvalue weighted by molar-refractivity contribution is -0.125. The molecule has 1 N–H and O–H groups in total. The van der Waals surface area contributed by atoms with Gasteiger partial charge < -0.3 is 10.2 Å². The molecule has 0 aliphatic carbocycles. The predicted molar refractivity (Wildman–Crippen MR) is 79.5 cm³/mol. The van der Waals surface area contributed by atoms with Crippen molar-refractivity contribution < 1.29 is 18.4 Å². The topological polar surface area (TPSA) is 49.4 Å². The molecule has 1 atom stereocenters. The normalized spacial score (nSPS) is 14.6. The van der Waals surface area contributed by atoms with Crippen molar-refractivity contribution in [2.45, 2.75) is 12.6 Å². The Labute approximate surface area is 131 Å². The average molecular weight is 316 g/mol. The highest BCUT2D eigenvalue weighted by Crippen LogP contribution is 2.32. The van der Waals surface area contributed by atoms with E-state index in [2.05, 4.69) is 5.32 Å². The van der Waals surface area contributed by atoms with E-state index in [0.717, 1.165) is 23.8 Å². The fraction of sp³-hybridized carbons (Fsp3) is 0.176. The van der Waals surface area contributed by atoms with E-state index in [1.165, 1.54) is 11.9 Å². The Morgan fingerprint density at radius 3 is 2.65 bits per heavy atom. The number of likely N-dealkylation sites (N-methyl/N-ethyl adjacent to an activating group) is 1. The second-order valence-electron chi connectivity index (χ2n) is 5.27. The number of hydrogen-bond acceptors (Lipinski definition) is 2. The van der Waals surface area contributed by atoms with Gasteiger partial charge in [0.25, 0.3) is 5.91 Å². The summed E-state index contributed by atoms with van der Waals surface area (Å²) in [5.41, 5.74) is 1.06. The van der Waals surface area contributed by atoms with Gasteiger partial charge in [-0.25, -0.2) is 8.78 Å². The van der Waals surface area contributed by atoms with Crippen LogP contribution in [0, 0.1) is 11.6 Å². The molecule has 1 aliphatic rings. The molecule has 0 fully saturated rings. The van der Waals surface area contributed by atoms with E-state index in [9.17, 15) is 18.4 Å². The number of benzene rings is 2. The molecule has 0 saturated carbocycles. The summed E-state index contributed by atoms with van der Waals surface area (Å²) in [6.07, 6.45) is 0. The number of fused-ring (bicyclic) bond motifs is 1. The standard InChI is InChI=1S/C17H14F2N2O2/c1-20-16(22)15(13-8-11(18)6-7-14(13)19)21-9-10-4-2-3-5-12(10)17(21)23/h2-8,15H,9H2,1H3,(H,20,22). The van der Waals surface area contributed by atoms with Gasteiger partial charge in [0.15, 0.2) is 0 Å². The molecule has 2 aromatic rings. The van der Waals surface area contributed by atoms with Crippen LogP contribution < -0.4 is 5.32 Å². The van der Waals surface area contributed by atoms with E-state index in [1.54, 1.807) is 24.3 Å². The summed E-state index contributed by atoms with van der Waals surface area (Å²) in [5.74, 6) is -2.35. The van der Waals surface area contributed by atoms with Crippen molar-refractivity contribution in [1.82, 2.24) is 10.2 Å². The van der Waals surface area contributed by atoms with Gasteiger partial charge in [0, 0.05) is 24.7 Å². The zero-order valence-electron chi connectivity index (χ0n) is 12.3. The average Bonchev–Trinajstić information content (AvgIpc) is 2.88. The van der Waals surface area contributed by atoms with Crippen LogP contribution in [0.2, 0.25) is 0 Å². The molecular formula is C17H14F2N2O2. The molecule has 4 nitrogen and oxygen atoms in total. The zero-order chi connectivity index (χ0) is 16.6. The van der Waals surface area contributed by atoms with Gasteiger partial charge in [-0.05, 0) is 29.8 Å². The Balaban J connectivity index is 2.07. The second kappa shape index (κ2) is 5.79. The van der Waals surface area contributed by atoms with Crippen molar-refractivity contribution in [2.24, 2.45) is 0 Å². The molecular weight excluding hydrogens is 302 g/mol. The molecule has 0 radical (unpaired) electrons. The van der Waals surface area contributed by atoms with E-state index in [0.29, 0.717) is 5.56 Å². The Morgan fingerprint density at radius 2 is 1.96 bits per heavy atom. The number of nitrogens with one attached hydrogen (secondary N) is 1. The van der Waals surface area contributed by atoms with Gasteiger partial charge >= 0.3 is 0 Å². The summed E-state index contributed by atoms with van der Waals surface area (Å²) in [7, 11) is 1.39. The number of rotatable bonds is 3. The molecule has 3 rings (SSSR count). The molecule has 0 spiro atoms. The number of hydrogen-bond donors (Lipinski definition) is 1. The summed E-state index contributed by atoms with van der Waals surface area (Å²) in [4.78, 5) is 26.1. The molecule has 1 aliphatic heterocycles. The van der Waals surface area contributed by atoms with Crippen LogP contribution in [0.25, 0.3) is 0 Å². The van der Waals surface area contributed by atoms with E-state index in [1.807, 2.05) is 0 Å². The number of amides is 2. The van der Waals surface area contributed by atoms with E-state index in [4.69, 9.17) is 0 Å². The lowest BCUT2D eigenvalue weighted by Crippen LogP contribution is -2.40. The van der Waals surface area contributed by atoms with Crippen molar-refractivity contribution in [3.63, 3.8) is 0 Å². The molecule has 0 saturated heterocycles. The molecule has 6 heteroatoms. The third kappa shape index (κ3) is 2.56. The third-order valence-corrected chi connectivity index (χ3v) is 3.91. The smallest absolute Gasteiger partial charge is 0.255 e. The van der Waals surface area contributed by atoms with Crippen molar-refractivity contribution in [1.29, 1.82) is 0 Å². The molecule has 2 amide bonds. The molecule has 23 heavy (non-hydrogen) atoms. The van der Waals surface area contributed by atoms with Gasteiger partial charge in [0.2, 0.25) is 5.91 Å². The highest BCUT2D eigenvalue weighted by atomic mass is 19.1. The highest BCUT2D eigenvalue weighted by Gasteiger charge is 2.38. The quantitative estimate of drug-likeness (QED) is 0.945. The molecule has 0 aromatic heterocycles. The second-order valence-corrected chi connectivity index (χ2v) is 5.27. The van der Waals surface area contributed by atoms with Crippen molar-refractivity contribution in [3.8, 4) is 0 Å². The van der Waals surface area contributed by atoms with Crippen LogP contribution in [-0.4, -0.2) is 23.8 Å². The first-order valence-corrected chi connectivity index (χ1v) is 7.08. The molecule has 1 unspecified atom stereocenters. The van der Waals surface area contributed by atoms with Gasteiger partial charge in [-0.2, -0.15) is 0 Å². The minimum absolute atomic E-state index is 0.162. The number of carbonyl (C=O) groups is 2. The van der Waals surface area contributed by atoms with Gasteiger partial charge in [-0.3, -0.25) is 9.59 Å². The van der Waals surface area contributed by atoms with Crippen molar-refractivity contribution in [2.75, 3.05) is 7.05 Å². The van der Waals surface area contributed by atoms with Gasteiger partial charge in [0.1, 0.15) is 17.7 Å². The summed E-state index contributed by atoms with van der Waals surface area (Å²) in [5, 5.41) is 2.41. The van der Waals surface area contributed by atoms with Crippen LogP contribution in [0.5, 0.6) is 0 Å². The maximum Gasteiger partial charge on any atom is 0.255 e. The fourth-order valence-electron chi connectivity index (χ4n) is 2.80. The van der Waals surface area contributed by atoms with Crippen LogP contribution in [0.3, 0.4) is 0 Å². The van der Waals surface area contributed by atoms with Gasteiger partial charge in [-0.15, -0.1) is 0 Å². The van der Waals surface area contributed by atoms with Gasteiger partial charge in [0.05, 0.1) is 0 Å². The van der Waals surface area contributed by atoms with E-state index in [-0.39, 0.29) is 18.0 Å². The van der Waals surface area contributed by atoms with Crippen molar-refractivity contribution >= 4 is 11.8 Å². The van der Waals surface area contributed by atoms with E-state index >= 15 is 0 Å². The summed E-state index contributed by atoms with van der Waals surface area (Å²) < 4.78 is 27.7. The highest BCUT2D eigenvalue weighted by molar-refractivity contribution is 6.01. The first-order valence-electron chi connectivity index (χ1n) is 7.08. The van der Waals surface area contributed by atoms with Crippen LogP contribution in [0.1, 0.15) is 27.5 Å². The Morgan fingerprint density at radius 1 is 1.22 bits per heavy atom.